The number of carboxylic acid groups (broad SMARTS) is 1. The van der Waals surface area contributed by atoms with Gasteiger partial charge < -0.3 is 55.6 Å². The first-order valence-corrected chi connectivity index (χ1v) is 21.4. The number of thiophene rings is 1. The molecule has 1 aromatic heterocycles. The predicted molar refractivity (Wildman–Crippen MR) is 263 cm³/mol. The van der Waals surface area contributed by atoms with Crippen LogP contribution in [0.2, 0.25) is 0 Å². The number of aromatic carboxylic acids is 1. The van der Waals surface area contributed by atoms with Gasteiger partial charge in [-0.15, -0.1) is 11.3 Å². The lowest BCUT2D eigenvalue weighted by molar-refractivity contribution is 0.0691. The fourth-order valence-corrected chi connectivity index (χ4v) is 7.36. The van der Waals surface area contributed by atoms with Crippen LogP contribution in [-0.2, 0) is 0 Å². The quantitative estimate of drug-likeness (QED) is 0.0763. The Morgan fingerprint density at radius 2 is 0.959 bits per heavy atom. The van der Waals surface area contributed by atoms with E-state index in [0.717, 1.165) is 17.4 Å². The molecule has 7 rings (SSSR count). The maximum Gasteiger partial charge on any atom is 0.338 e. The van der Waals surface area contributed by atoms with Gasteiger partial charge in [0.15, 0.2) is 11.6 Å². The summed E-state index contributed by atoms with van der Waals surface area (Å²) in [6.07, 6.45) is 0. The summed E-state index contributed by atoms with van der Waals surface area (Å²) in [7, 11) is 8.59. The zero-order valence-corrected chi connectivity index (χ0v) is 40.2. The van der Waals surface area contributed by atoms with Crippen molar-refractivity contribution in [3.63, 3.8) is 0 Å². The van der Waals surface area contributed by atoms with Crippen LogP contribution in [-0.4, -0.2) is 71.5 Å². The highest BCUT2D eigenvalue weighted by Gasteiger charge is 2.23. The zero-order chi connectivity index (χ0) is 53.9. The molecule has 1 heterocycles. The third-order valence-corrected chi connectivity index (χ3v) is 11.1. The third kappa shape index (κ3) is 13.4. The molecule has 0 aliphatic heterocycles. The van der Waals surface area contributed by atoms with E-state index in [1.807, 2.05) is 0 Å². The lowest BCUT2D eigenvalue weighted by Gasteiger charge is -2.09. The highest BCUT2D eigenvalue weighted by Crippen LogP contribution is 2.41. The molecule has 0 bridgehead atoms. The summed E-state index contributed by atoms with van der Waals surface area (Å²) in [6.45, 7) is 0. The Bertz CT molecular complexity index is 3300. The lowest BCUT2D eigenvalue weighted by atomic mass is 10.1. The molecule has 6 aromatic carbocycles. The summed E-state index contributed by atoms with van der Waals surface area (Å²) in [6, 6.07) is 31.0. The number of methoxy groups -OCH3 is 6. The van der Waals surface area contributed by atoms with Crippen molar-refractivity contribution in [3.05, 3.63) is 159 Å². The molecule has 3 amide bonds. The third-order valence-electron chi connectivity index (χ3n) is 9.87. The number of ether oxygens (including phenoxy) is 6. The monoisotopic (exact) mass is 1020 g/mol. The number of hydrogen-bond acceptors (Lipinski definition) is 15. The van der Waals surface area contributed by atoms with E-state index in [1.54, 1.807) is 92.0 Å². The molecule has 0 saturated carbocycles. The number of carbonyl (C=O) groups excluding carboxylic acids is 3. The molecule has 0 unspecified atom stereocenters. The second-order valence-corrected chi connectivity index (χ2v) is 15.1. The summed E-state index contributed by atoms with van der Waals surface area (Å²) < 4.78 is 70.5. The minimum absolute atomic E-state index is 0.0231. The van der Waals surface area contributed by atoms with E-state index in [0.29, 0.717) is 44.3 Å². The normalized spacial score (nSPS) is 9.78. The van der Waals surface area contributed by atoms with Crippen LogP contribution >= 0.6 is 11.3 Å². The number of nitrogens with zero attached hydrogens (tertiary/aromatic N) is 3. The Morgan fingerprint density at radius 1 is 0.548 bits per heavy atom. The van der Waals surface area contributed by atoms with Gasteiger partial charge in [-0.05, 0) is 97.1 Å². The second-order valence-electron chi connectivity index (χ2n) is 14.1. The van der Waals surface area contributed by atoms with Gasteiger partial charge in [0.2, 0.25) is 0 Å². The van der Waals surface area contributed by atoms with Gasteiger partial charge in [-0.25, -0.2) is 18.0 Å². The number of nitrogens with two attached hydrogens (primary N) is 2. The van der Waals surface area contributed by atoms with E-state index < -0.39 is 46.4 Å². The molecule has 0 spiro atoms. The van der Waals surface area contributed by atoms with Crippen LogP contribution in [0.1, 0.15) is 57.4 Å². The van der Waals surface area contributed by atoms with Gasteiger partial charge >= 0.3 is 5.97 Å². The van der Waals surface area contributed by atoms with E-state index in [2.05, 4.69) is 10.6 Å². The Balaban J connectivity index is 0.000000222. The van der Waals surface area contributed by atoms with E-state index in [9.17, 15) is 32.3 Å². The van der Waals surface area contributed by atoms with E-state index >= 15 is 0 Å². The number of nitriles is 3. The van der Waals surface area contributed by atoms with E-state index in [1.165, 1.54) is 65.9 Å². The maximum atomic E-state index is 14.2. The minimum Gasteiger partial charge on any atom is -0.497 e. The van der Waals surface area contributed by atoms with E-state index in [4.69, 9.17) is 60.8 Å². The van der Waals surface area contributed by atoms with Crippen LogP contribution < -0.4 is 50.5 Å². The largest absolute Gasteiger partial charge is 0.497 e. The van der Waals surface area contributed by atoms with Crippen molar-refractivity contribution in [1.29, 1.82) is 15.8 Å². The fraction of sp³-hybridized carbons (Fsp3) is 0.118. The number of benzene rings is 6. The van der Waals surface area contributed by atoms with Crippen LogP contribution in [0.25, 0.3) is 10.1 Å². The van der Waals surface area contributed by atoms with E-state index in [-0.39, 0.29) is 50.4 Å². The maximum absolute atomic E-state index is 14.2. The number of carboxylic acids is 1. The average Bonchev–Trinajstić information content (AvgIpc) is 3.75. The van der Waals surface area contributed by atoms with Crippen LogP contribution in [0.4, 0.5) is 30.2 Å². The summed E-state index contributed by atoms with van der Waals surface area (Å²) in [5.74, 6) is -3.40. The number of rotatable bonds is 12. The molecule has 18 nitrogen and oxygen atoms in total. The number of amides is 3. The van der Waals surface area contributed by atoms with Crippen molar-refractivity contribution in [2.24, 2.45) is 5.73 Å². The van der Waals surface area contributed by atoms with Crippen molar-refractivity contribution >= 4 is 62.2 Å². The van der Waals surface area contributed by atoms with Gasteiger partial charge in [-0.1, -0.05) is 6.07 Å². The summed E-state index contributed by atoms with van der Waals surface area (Å²) in [4.78, 5) is 47.2. The van der Waals surface area contributed by atoms with Gasteiger partial charge in [0.25, 0.3) is 17.7 Å². The Morgan fingerprint density at radius 3 is 1.37 bits per heavy atom. The topological polar surface area (TPSA) is 291 Å². The molecule has 0 aliphatic rings. The molecular weight excluding hydrogens is 976 g/mol. The first-order valence-electron chi connectivity index (χ1n) is 20.6. The number of primary amides is 1. The fourth-order valence-electron chi connectivity index (χ4n) is 6.26. The molecule has 73 heavy (non-hydrogen) atoms. The van der Waals surface area contributed by atoms with Crippen molar-refractivity contribution in [2.75, 3.05) is 59.0 Å². The zero-order valence-electron chi connectivity index (χ0n) is 39.4. The number of anilines is 3. The van der Waals surface area contributed by atoms with Crippen molar-refractivity contribution < 1.29 is 65.9 Å². The molecule has 0 atom stereocenters. The molecule has 0 saturated heterocycles. The molecule has 0 fully saturated rings. The van der Waals surface area contributed by atoms with Gasteiger partial charge in [-0.3, -0.25) is 14.4 Å². The summed E-state index contributed by atoms with van der Waals surface area (Å²) in [5.41, 5.74) is 11.6. The Hall–Kier alpha value is -9.98. The minimum atomic E-state index is -1.42. The van der Waals surface area contributed by atoms with Gasteiger partial charge in [0.1, 0.15) is 80.1 Å². The molecule has 22 heteroatoms. The highest BCUT2D eigenvalue weighted by atomic mass is 32.1. The van der Waals surface area contributed by atoms with Crippen LogP contribution in [0.3, 0.4) is 0 Å². The van der Waals surface area contributed by atoms with Crippen LogP contribution in [0, 0.1) is 51.4 Å². The number of nitrogens with one attached hydrogen (secondary N) is 2. The summed E-state index contributed by atoms with van der Waals surface area (Å²) >= 11 is 1.07. The van der Waals surface area contributed by atoms with Gasteiger partial charge in [0, 0.05) is 11.4 Å². The lowest BCUT2D eigenvalue weighted by Crippen LogP contribution is -2.14. The van der Waals surface area contributed by atoms with Crippen molar-refractivity contribution in [3.8, 4) is 52.7 Å². The van der Waals surface area contributed by atoms with Crippen LogP contribution in [0.15, 0.2) is 103 Å². The smallest absolute Gasteiger partial charge is 0.338 e. The molecule has 0 radical (unpaired) electrons. The second kappa shape index (κ2) is 26.1. The molecule has 7 aromatic rings. The predicted octanol–water partition coefficient (Wildman–Crippen LogP) is 8.93. The Labute approximate surface area is 418 Å². The Kier molecular flexibility index (Phi) is 19.9. The van der Waals surface area contributed by atoms with Gasteiger partial charge in [-0.2, -0.15) is 15.8 Å². The number of fused-ring (bicyclic) bond motifs is 1. The molecule has 0 aliphatic carbocycles. The molecular formula is C51H42F3N7O11S. The SMILES string of the molecule is COc1ccc(C(=O)O)c(F)c1C#N.COc1ccc(NC(=O)c2ccc(OC)c(C#N)c2F)cc1.COc1ccc(NC(=O)c2ccc(OC)c3c(N)c(C(N)=O)sc23)cc1.COc1cccc(F)c1C#N. The highest BCUT2D eigenvalue weighted by molar-refractivity contribution is 7.22. The first kappa shape index (κ1) is 55.6. The van der Waals surface area contributed by atoms with Crippen molar-refractivity contribution in [1.82, 2.24) is 0 Å². The van der Waals surface area contributed by atoms with Gasteiger partial charge in [0.05, 0.1) is 75.1 Å². The number of hydrogen-bond donors (Lipinski definition) is 5. The molecule has 374 valence electrons. The molecule has 7 N–H and O–H groups in total. The number of carbonyl (C=O) groups is 4. The van der Waals surface area contributed by atoms with Crippen molar-refractivity contribution in [2.45, 2.75) is 0 Å². The standard InChI is InChI=1S/C18H17N3O4S.C16H13FN2O3.C9H6FNO3.C8H6FNO/c1-24-10-5-3-9(4-6-10)21-18(23)11-7-8-12(25-2)13-14(19)16(17(20)22)26-15(11)13;1-21-11-5-3-10(4-6-11)19-16(20)12-7-8-14(22-2)13(9-18)15(12)17;1-14-7-3-2-5(9(12)13)8(10)6(7)4-11;1-11-8-4-2-3-7(9)6(8)5-10/h3-8H,19H2,1-2H3,(H2,20,22)(H,21,23);3-8H,1-2H3,(H,19,20);2-3H,1H3,(H,12,13);2-4H,1H3. The van der Waals surface area contributed by atoms with Crippen LogP contribution in [0.5, 0.6) is 34.5 Å². The number of nitrogen functional groups attached to an aromatic ring is 1. The first-order chi connectivity index (χ1) is 35.0. The average molecular weight is 1020 g/mol. The summed E-state index contributed by atoms with van der Waals surface area (Å²) in [5, 5.41) is 40.4. The number of halogens is 3.